The minimum absolute atomic E-state index is 0.0290. The van der Waals surface area contributed by atoms with Gasteiger partial charge in [-0.05, 0) is 24.1 Å². The third-order valence-corrected chi connectivity index (χ3v) is 4.64. The molecule has 21 heavy (non-hydrogen) atoms. The SMILES string of the molecule is CCc1ccc(C(=O)O)cc1S(=O)(=O)NCC(C)(C)CO. The van der Waals surface area contributed by atoms with E-state index in [1.54, 1.807) is 20.8 Å². The highest BCUT2D eigenvalue weighted by atomic mass is 32.2. The number of hydrogen-bond donors (Lipinski definition) is 3. The average molecular weight is 315 g/mol. The van der Waals surface area contributed by atoms with Crippen molar-refractivity contribution >= 4 is 16.0 Å². The summed E-state index contributed by atoms with van der Waals surface area (Å²) in [5.74, 6) is -1.18. The summed E-state index contributed by atoms with van der Waals surface area (Å²) in [5.41, 5.74) is -0.118. The Morgan fingerprint density at radius 1 is 1.33 bits per heavy atom. The van der Waals surface area contributed by atoms with Crippen LogP contribution in [0.5, 0.6) is 0 Å². The van der Waals surface area contributed by atoms with Crippen LogP contribution in [0.3, 0.4) is 0 Å². The van der Waals surface area contributed by atoms with Gasteiger partial charge in [-0.25, -0.2) is 17.9 Å². The van der Waals surface area contributed by atoms with Crippen molar-refractivity contribution in [3.05, 3.63) is 29.3 Å². The van der Waals surface area contributed by atoms with Gasteiger partial charge in [0.15, 0.2) is 0 Å². The maximum Gasteiger partial charge on any atom is 0.335 e. The Morgan fingerprint density at radius 2 is 1.95 bits per heavy atom. The zero-order chi connectivity index (χ0) is 16.3. The van der Waals surface area contributed by atoms with Crippen LogP contribution >= 0.6 is 0 Å². The summed E-state index contributed by atoms with van der Waals surface area (Å²) in [6.45, 7) is 5.15. The molecule has 0 heterocycles. The molecule has 0 bridgehead atoms. The molecular weight excluding hydrogens is 294 g/mol. The smallest absolute Gasteiger partial charge is 0.335 e. The van der Waals surface area contributed by atoms with Crippen molar-refractivity contribution < 1.29 is 23.4 Å². The number of carbonyl (C=O) groups is 1. The van der Waals surface area contributed by atoms with Crippen molar-refractivity contribution in [2.24, 2.45) is 5.41 Å². The zero-order valence-corrected chi connectivity index (χ0v) is 13.2. The number of carboxylic acid groups (broad SMARTS) is 1. The van der Waals surface area contributed by atoms with Crippen LogP contribution in [0.25, 0.3) is 0 Å². The second-order valence-corrected chi connectivity index (χ2v) is 7.36. The third kappa shape index (κ3) is 4.52. The fourth-order valence-electron chi connectivity index (χ4n) is 1.65. The van der Waals surface area contributed by atoms with E-state index >= 15 is 0 Å². The largest absolute Gasteiger partial charge is 0.478 e. The van der Waals surface area contributed by atoms with E-state index in [1.807, 2.05) is 0 Å². The van der Waals surface area contributed by atoms with E-state index in [0.717, 1.165) is 6.07 Å². The first-order valence-corrected chi connectivity index (χ1v) is 8.08. The first-order valence-electron chi connectivity index (χ1n) is 6.59. The molecule has 6 nitrogen and oxygen atoms in total. The lowest BCUT2D eigenvalue weighted by Gasteiger charge is -2.22. The molecule has 1 aromatic carbocycles. The third-order valence-electron chi connectivity index (χ3n) is 3.15. The maximum absolute atomic E-state index is 12.4. The molecule has 0 aliphatic carbocycles. The predicted molar refractivity (Wildman–Crippen MR) is 78.8 cm³/mol. The lowest BCUT2D eigenvalue weighted by molar-refractivity contribution is 0.0696. The number of aliphatic hydroxyl groups excluding tert-OH is 1. The topological polar surface area (TPSA) is 104 Å². The van der Waals surface area contributed by atoms with Gasteiger partial charge >= 0.3 is 5.97 Å². The van der Waals surface area contributed by atoms with E-state index in [2.05, 4.69) is 4.72 Å². The second kappa shape index (κ2) is 6.55. The minimum Gasteiger partial charge on any atom is -0.478 e. The van der Waals surface area contributed by atoms with Crippen LogP contribution in [-0.2, 0) is 16.4 Å². The van der Waals surface area contributed by atoms with Crippen molar-refractivity contribution in [2.45, 2.75) is 32.1 Å². The van der Waals surface area contributed by atoms with Crippen molar-refractivity contribution in [2.75, 3.05) is 13.2 Å². The Labute approximate surface area is 124 Å². The molecule has 0 radical (unpaired) electrons. The molecule has 0 spiro atoms. The number of aryl methyl sites for hydroxylation is 1. The summed E-state index contributed by atoms with van der Waals surface area (Å²) in [4.78, 5) is 11.0. The van der Waals surface area contributed by atoms with Gasteiger partial charge in [0.1, 0.15) is 0 Å². The van der Waals surface area contributed by atoms with E-state index < -0.39 is 21.4 Å². The quantitative estimate of drug-likeness (QED) is 0.702. The lowest BCUT2D eigenvalue weighted by atomic mass is 9.96. The number of aliphatic hydroxyl groups is 1. The molecule has 0 aromatic heterocycles. The van der Waals surface area contributed by atoms with Gasteiger partial charge in [0.2, 0.25) is 10.0 Å². The first-order chi connectivity index (χ1) is 9.63. The van der Waals surface area contributed by atoms with Crippen LogP contribution < -0.4 is 4.72 Å². The second-order valence-electron chi connectivity index (χ2n) is 5.63. The normalized spacial score (nSPS) is 12.4. The van der Waals surface area contributed by atoms with Crippen LogP contribution in [0.2, 0.25) is 0 Å². The molecule has 0 amide bonds. The van der Waals surface area contributed by atoms with Crippen molar-refractivity contribution in [1.82, 2.24) is 4.72 Å². The molecule has 0 saturated carbocycles. The molecule has 0 fully saturated rings. The number of benzene rings is 1. The monoisotopic (exact) mass is 315 g/mol. The van der Waals surface area contributed by atoms with Crippen LogP contribution in [0.4, 0.5) is 0 Å². The first kappa shape index (κ1) is 17.6. The summed E-state index contributed by atoms with van der Waals surface area (Å²) in [6, 6.07) is 4.06. The van der Waals surface area contributed by atoms with E-state index in [-0.39, 0.29) is 23.6 Å². The molecule has 0 atom stereocenters. The Morgan fingerprint density at radius 3 is 2.43 bits per heavy atom. The fourth-order valence-corrected chi connectivity index (χ4v) is 3.23. The summed E-state index contributed by atoms with van der Waals surface area (Å²) in [6.07, 6.45) is 0.472. The zero-order valence-electron chi connectivity index (χ0n) is 12.4. The van der Waals surface area contributed by atoms with Gasteiger partial charge in [0, 0.05) is 18.6 Å². The van der Waals surface area contributed by atoms with Gasteiger partial charge in [-0.3, -0.25) is 0 Å². The molecule has 118 valence electrons. The molecule has 3 N–H and O–H groups in total. The van der Waals surface area contributed by atoms with Crippen LogP contribution in [0.15, 0.2) is 23.1 Å². The molecule has 7 heteroatoms. The highest BCUT2D eigenvalue weighted by Gasteiger charge is 2.24. The Bertz CT molecular complexity index is 622. The summed E-state index contributed by atoms with van der Waals surface area (Å²) >= 11 is 0. The number of sulfonamides is 1. The number of nitrogens with one attached hydrogen (secondary N) is 1. The van der Waals surface area contributed by atoms with Crippen molar-refractivity contribution in [1.29, 1.82) is 0 Å². The number of hydrogen-bond acceptors (Lipinski definition) is 4. The van der Waals surface area contributed by atoms with Crippen LogP contribution in [-0.4, -0.2) is 37.8 Å². The fraction of sp³-hybridized carbons (Fsp3) is 0.500. The van der Waals surface area contributed by atoms with Crippen LogP contribution in [0, 0.1) is 5.41 Å². The molecule has 1 aromatic rings. The molecule has 1 rings (SSSR count). The number of carboxylic acids is 1. The molecule has 0 aliphatic rings. The number of rotatable bonds is 7. The van der Waals surface area contributed by atoms with E-state index in [1.165, 1.54) is 12.1 Å². The van der Waals surface area contributed by atoms with Crippen molar-refractivity contribution in [3.8, 4) is 0 Å². The Hall–Kier alpha value is -1.44. The predicted octanol–water partition coefficient (Wildman–Crippen LogP) is 1.24. The molecule has 0 saturated heterocycles. The van der Waals surface area contributed by atoms with Crippen molar-refractivity contribution in [3.63, 3.8) is 0 Å². The lowest BCUT2D eigenvalue weighted by Crippen LogP contribution is -2.36. The average Bonchev–Trinajstić information content (AvgIpc) is 2.44. The van der Waals surface area contributed by atoms with Crippen LogP contribution in [0.1, 0.15) is 36.7 Å². The van der Waals surface area contributed by atoms with Gasteiger partial charge in [0.05, 0.1) is 10.5 Å². The summed E-state index contributed by atoms with van der Waals surface area (Å²) in [7, 11) is -3.83. The van der Waals surface area contributed by atoms with Gasteiger partial charge in [-0.2, -0.15) is 0 Å². The van der Waals surface area contributed by atoms with E-state index in [0.29, 0.717) is 12.0 Å². The van der Waals surface area contributed by atoms with Gasteiger partial charge in [-0.1, -0.05) is 26.8 Å². The van der Waals surface area contributed by atoms with E-state index in [9.17, 15) is 13.2 Å². The summed E-state index contributed by atoms with van der Waals surface area (Å²) in [5, 5.41) is 18.2. The van der Waals surface area contributed by atoms with Gasteiger partial charge < -0.3 is 10.2 Å². The highest BCUT2D eigenvalue weighted by Crippen LogP contribution is 2.20. The van der Waals surface area contributed by atoms with Gasteiger partial charge in [-0.15, -0.1) is 0 Å². The minimum atomic E-state index is -3.83. The highest BCUT2D eigenvalue weighted by molar-refractivity contribution is 7.89. The standard InChI is InChI=1S/C14H21NO5S/c1-4-10-5-6-11(13(17)18)7-12(10)21(19,20)15-8-14(2,3)9-16/h5-7,15-16H,4,8-9H2,1-3H3,(H,17,18). The molecular formula is C14H21NO5S. The Kier molecular flexibility index (Phi) is 5.49. The maximum atomic E-state index is 12.4. The Balaban J connectivity index is 3.17. The number of aromatic carboxylic acids is 1. The van der Waals surface area contributed by atoms with Gasteiger partial charge in [0.25, 0.3) is 0 Å². The molecule has 0 aliphatic heterocycles. The molecule has 0 unspecified atom stereocenters. The van der Waals surface area contributed by atoms with E-state index in [4.69, 9.17) is 10.2 Å². The summed E-state index contributed by atoms with van der Waals surface area (Å²) < 4.78 is 27.2.